The third kappa shape index (κ3) is 3.50. The average molecular weight is 385 g/mol. The molecule has 25 heavy (non-hydrogen) atoms. The molecule has 2 atom stereocenters. The van der Waals surface area contributed by atoms with Gasteiger partial charge >= 0.3 is 6.09 Å². The summed E-state index contributed by atoms with van der Waals surface area (Å²) in [5.41, 5.74) is 2.07. The first-order valence-corrected chi connectivity index (χ1v) is 10.1. The van der Waals surface area contributed by atoms with Crippen molar-refractivity contribution in [2.45, 2.75) is 50.8 Å². The molecule has 1 aliphatic heterocycles. The van der Waals surface area contributed by atoms with Gasteiger partial charge in [-0.15, -0.1) is 4.72 Å². The number of fused-ring (bicyclic) bond motifs is 1. The van der Waals surface area contributed by atoms with Gasteiger partial charge in [-0.3, -0.25) is 0 Å². The van der Waals surface area contributed by atoms with Gasteiger partial charge in [0.25, 0.3) is 0 Å². The molecule has 1 aromatic carbocycles. The molecule has 7 heteroatoms. The predicted octanol–water partition coefficient (Wildman–Crippen LogP) is 3.75. The Balaban J connectivity index is 1.92. The van der Waals surface area contributed by atoms with E-state index < -0.39 is 17.5 Å². The SMILES string of the molecule is CC(C)(C)[S@@+]([O-])N[C@@H]1c2cccc(Cl)c2CC12CCN(C(=O)O)CC2. The van der Waals surface area contributed by atoms with E-state index in [1.165, 1.54) is 4.90 Å². The molecular weight excluding hydrogens is 360 g/mol. The van der Waals surface area contributed by atoms with Crippen LogP contribution in [-0.2, 0) is 17.8 Å². The molecule has 138 valence electrons. The smallest absolute Gasteiger partial charge is 0.407 e. The lowest BCUT2D eigenvalue weighted by Crippen LogP contribution is -2.50. The Morgan fingerprint density at radius 3 is 2.60 bits per heavy atom. The second kappa shape index (κ2) is 6.65. The Kier molecular flexibility index (Phi) is 5.01. The van der Waals surface area contributed by atoms with Crippen molar-refractivity contribution in [1.82, 2.24) is 9.62 Å². The molecule has 1 fully saturated rings. The van der Waals surface area contributed by atoms with Crippen molar-refractivity contribution in [3.63, 3.8) is 0 Å². The molecule has 1 spiro atoms. The van der Waals surface area contributed by atoms with Crippen molar-refractivity contribution >= 4 is 29.1 Å². The molecule has 1 aliphatic carbocycles. The highest BCUT2D eigenvalue weighted by molar-refractivity contribution is 7.90. The maximum absolute atomic E-state index is 12.8. The van der Waals surface area contributed by atoms with E-state index in [1.54, 1.807) is 0 Å². The van der Waals surface area contributed by atoms with Crippen LogP contribution in [0.1, 0.15) is 50.8 Å². The Morgan fingerprint density at radius 1 is 1.40 bits per heavy atom. The van der Waals surface area contributed by atoms with Gasteiger partial charge in [-0.1, -0.05) is 23.7 Å². The summed E-state index contributed by atoms with van der Waals surface area (Å²) in [6.07, 6.45) is 1.41. The van der Waals surface area contributed by atoms with Crippen LogP contribution in [0.3, 0.4) is 0 Å². The molecule has 5 nitrogen and oxygen atoms in total. The summed E-state index contributed by atoms with van der Waals surface area (Å²) in [5.74, 6) is 0. The number of likely N-dealkylation sites (tertiary alicyclic amines) is 1. The largest absolute Gasteiger partial charge is 0.598 e. The van der Waals surface area contributed by atoms with Crippen LogP contribution in [0.15, 0.2) is 18.2 Å². The number of nitrogens with one attached hydrogen (secondary N) is 1. The van der Waals surface area contributed by atoms with Crippen molar-refractivity contribution in [2.24, 2.45) is 5.41 Å². The van der Waals surface area contributed by atoms with Crippen molar-refractivity contribution in [1.29, 1.82) is 0 Å². The second-order valence-electron chi connectivity index (χ2n) is 8.05. The molecule has 0 radical (unpaired) electrons. The van der Waals surface area contributed by atoms with Crippen LogP contribution < -0.4 is 4.72 Å². The number of halogens is 1. The number of piperidine rings is 1. The van der Waals surface area contributed by atoms with Crippen LogP contribution in [0, 0.1) is 5.41 Å². The first kappa shape index (κ1) is 18.8. The number of benzene rings is 1. The summed E-state index contributed by atoms with van der Waals surface area (Å²) in [6, 6.07) is 5.80. The predicted molar refractivity (Wildman–Crippen MR) is 100 cm³/mol. The van der Waals surface area contributed by atoms with Crippen molar-refractivity contribution in [2.75, 3.05) is 13.1 Å². The van der Waals surface area contributed by atoms with E-state index in [2.05, 4.69) is 10.8 Å². The van der Waals surface area contributed by atoms with Crippen LogP contribution in [0.2, 0.25) is 5.02 Å². The standard InChI is InChI=1S/C18H25ClN2O3S/c1-17(2,3)25(24)20-15-12-5-4-6-14(19)13(12)11-18(15)7-9-21(10-8-18)16(22)23/h4-6,15,20H,7-11H2,1-3H3,(H,22,23)/t15-,25-/m1/s1. The van der Waals surface area contributed by atoms with Gasteiger partial charge in [-0.2, -0.15) is 0 Å². The maximum atomic E-state index is 12.8. The van der Waals surface area contributed by atoms with Crippen LogP contribution in [0.5, 0.6) is 0 Å². The molecule has 2 N–H and O–H groups in total. The third-order valence-electron chi connectivity index (χ3n) is 5.42. The molecule has 0 unspecified atom stereocenters. The summed E-state index contributed by atoms with van der Waals surface area (Å²) in [6.45, 7) is 6.85. The van der Waals surface area contributed by atoms with Gasteiger partial charge in [-0.05, 0) is 57.2 Å². The first-order valence-electron chi connectivity index (χ1n) is 8.57. The van der Waals surface area contributed by atoms with Gasteiger partial charge in [0.2, 0.25) is 0 Å². The summed E-state index contributed by atoms with van der Waals surface area (Å²) in [5, 5.41) is 9.98. The second-order valence-corrected chi connectivity index (χ2v) is 10.5. The fourth-order valence-electron chi connectivity index (χ4n) is 3.90. The molecule has 2 aliphatic rings. The maximum Gasteiger partial charge on any atom is 0.407 e. The zero-order chi connectivity index (χ0) is 18.4. The minimum absolute atomic E-state index is 0.0720. The number of hydrogen-bond donors (Lipinski definition) is 2. The number of carbonyl (C=O) groups is 1. The third-order valence-corrected chi connectivity index (χ3v) is 7.33. The molecule has 1 heterocycles. The van der Waals surface area contributed by atoms with E-state index in [4.69, 9.17) is 11.6 Å². The fourth-order valence-corrected chi connectivity index (χ4v) is 5.09. The lowest BCUT2D eigenvalue weighted by Gasteiger charge is -2.43. The van der Waals surface area contributed by atoms with Gasteiger partial charge in [0.05, 0.1) is 6.04 Å². The minimum Gasteiger partial charge on any atom is -0.598 e. The number of rotatable bonds is 2. The fraction of sp³-hybridized carbons (Fsp3) is 0.611. The number of amides is 1. The highest BCUT2D eigenvalue weighted by Gasteiger charge is 2.51. The molecular formula is C18H25ClN2O3S. The summed E-state index contributed by atoms with van der Waals surface area (Å²) < 4.78 is 15.8. The number of nitrogens with zero attached hydrogens (tertiary/aromatic N) is 1. The lowest BCUT2D eigenvalue weighted by atomic mass is 9.73. The number of hydrogen-bond acceptors (Lipinski definition) is 3. The quantitative estimate of drug-likeness (QED) is 0.761. The molecule has 1 aromatic rings. The van der Waals surface area contributed by atoms with E-state index in [0.29, 0.717) is 13.1 Å². The van der Waals surface area contributed by atoms with Gasteiger partial charge in [0.15, 0.2) is 0 Å². The normalized spacial score (nSPS) is 23.6. The lowest BCUT2D eigenvalue weighted by molar-refractivity contribution is 0.0764. The van der Waals surface area contributed by atoms with E-state index in [1.807, 2.05) is 32.9 Å². The van der Waals surface area contributed by atoms with Gasteiger partial charge < -0.3 is 14.6 Å². The molecule has 1 amide bonds. The van der Waals surface area contributed by atoms with Crippen LogP contribution in [-0.4, -0.2) is 38.5 Å². The van der Waals surface area contributed by atoms with Crippen LogP contribution in [0.4, 0.5) is 4.79 Å². The van der Waals surface area contributed by atoms with Crippen molar-refractivity contribution in [3.05, 3.63) is 34.3 Å². The Labute approximate surface area is 157 Å². The van der Waals surface area contributed by atoms with E-state index in [-0.39, 0.29) is 16.2 Å². The molecule has 3 rings (SSSR count). The zero-order valence-corrected chi connectivity index (χ0v) is 16.4. The zero-order valence-electron chi connectivity index (χ0n) is 14.8. The van der Waals surface area contributed by atoms with Gasteiger partial charge in [-0.25, -0.2) is 4.79 Å². The Morgan fingerprint density at radius 2 is 2.04 bits per heavy atom. The topological polar surface area (TPSA) is 75.6 Å². The van der Waals surface area contributed by atoms with E-state index in [9.17, 15) is 14.5 Å². The van der Waals surface area contributed by atoms with Crippen LogP contribution >= 0.6 is 11.6 Å². The average Bonchev–Trinajstić information content (AvgIpc) is 2.82. The molecule has 0 bridgehead atoms. The van der Waals surface area contributed by atoms with Gasteiger partial charge in [0, 0.05) is 34.9 Å². The Bertz CT molecular complexity index is 669. The van der Waals surface area contributed by atoms with Crippen LogP contribution in [0.25, 0.3) is 0 Å². The minimum atomic E-state index is -1.21. The monoisotopic (exact) mass is 384 g/mol. The summed E-state index contributed by atoms with van der Waals surface area (Å²) >= 11 is 5.23. The molecule has 0 saturated carbocycles. The molecule has 0 aromatic heterocycles. The number of carboxylic acid groups (broad SMARTS) is 1. The van der Waals surface area contributed by atoms with Crippen molar-refractivity contribution < 1.29 is 14.5 Å². The highest BCUT2D eigenvalue weighted by atomic mass is 35.5. The highest BCUT2D eigenvalue weighted by Crippen LogP contribution is 2.54. The van der Waals surface area contributed by atoms with Crippen molar-refractivity contribution in [3.8, 4) is 0 Å². The molecule has 1 saturated heterocycles. The van der Waals surface area contributed by atoms with Gasteiger partial charge in [0.1, 0.15) is 4.75 Å². The summed E-state index contributed by atoms with van der Waals surface area (Å²) in [7, 11) is 0. The summed E-state index contributed by atoms with van der Waals surface area (Å²) in [4.78, 5) is 12.7. The van der Waals surface area contributed by atoms with E-state index in [0.717, 1.165) is 35.4 Å². The first-order chi connectivity index (χ1) is 11.6. The van der Waals surface area contributed by atoms with E-state index >= 15 is 0 Å². The Hall–Kier alpha value is -0.950.